The number of carboxylic acid groups (broad SMARTS) is 2. The van der Waals surface area contributed by atoms with Crippen molar-refractivity contribution in [3.8, 4) is 0 Å². The Morgan fingerprint density at radius 3 is 1.65 bits per heavy atom. The Kier molecular flexibility index (Phi) is 5.07. The summed E-state index contributed by atoms with van der Waals surface area (Å²) in [5.74, 6) is -3.84. The molecule has 1 N–H and O–H groups in total. The fourth-order valence-corrected chi connectivity index (χ4v) is 1.99. The Morgan fingerprint density at radius 2 is 1.41 bits per heavy atom. The van der Waals surface area contributed by atoms with Gasteiger partial charge >= 0.3 is 23.1 Å². The number of benzene rings is 1. The van der Waals surface area contributed by atoms with Gasteiger partial charge in [-0.25, -0.2) is 0 Å². The molecule has 1 rings (SSSR count). The van der Waals surface area contributed by atoms with Gasteiger partial charge in [0.1, 0.15) is 4.90 Å². The molecule has 0 aromatic heterocycles. The first-order valence-electron chi connectivity index (χ1n) is 3.78. The van der Waals surface area contributed by atoms with Gasteiger partial charge in [-0.2, -0.15) is 8.42 Å². The van der Waals surface area contributed by atoms with E-state index in [1.165, 1.54) is 0 Å². The third kappa shape index (κ3) is 3.39. The van der Waals surface area contributed by atoms with Crippen molar-refractivity contribution in [1.29, 1.82) is 0 Å². The number of rotatable bonds is 3. The van der Waals surface area contributed by atoms with Gasteiger partial charge in [-0.15, -0.1) is 0 Å². The Bertz CT molecular complexity index is 531. The first-order chi connectivity index (χ1) is 7.25. The molecule has 7 nitrogen and oxygen atoms in total. The van der Waals surface area contributed by atoms with Crippen LogP contribution in [0.2, 0.25) is 0 Å². The molecule has 0 unspecified atom stereocenters. The minimum Gasteiger partial charge on any atom is -0.545 e. The Morgan fingerprint density at radius 1 is 1.06 bits per heavy atom. The van der Waals surface area contributed by atoms with Gasteiger partial charge in [-0.3, -0.25) is 4.55 Å². The van der Waals surface area contributed by atoms with Gasteiger partial charge in [-0.1, -0.05) is 18.2 Å². The SMILES string of the molecule is O=C([O-])c1cccc(C(=O)[O-])c1S(=O)(=O)O.[Mg+2]. The van der Waals surface area contributed by atoms with Crippen molar-refractivity contribution in [1.82, 2.24) is 0 Å². The third-order valence-corrected chi connectivity index (χ3v) is 2.67. The number of hydrogen-bond acceptors (Lipinski definition) is 6. The van der Waals surface area contributed by atoms with Crippen LogP contribution in [0.5, 0.6) is 0 Å². The van der Waals surface area contributed by atoms with Crippen LogP contribution in [-0.2, 0) is 10.1 Å². The Hall–Kier alpha value is -1.16. The summed E-state index contributed by atoms with van der Waals surface area (Å²) in [5, 5.41) is 21.1. The van der Waals surface area contributed by atoms with Gasteiger partial charge in [0.05, 0.1) is 11.9 Å². The molecule has 9 heteroatoms. The largest absolute Gasteiger partial charge is 2.00 e. The number of hydrogen-bond donors (Lipinski definition) is 1. The van der Waals surface area contributed by atoms with Crippen molar-refractivity contribution in [3.63, 3.8) is 0 Å². The maximum atomic E-state index is 10.9. The topological polar surface area (TPSA) is 135 Å². The molecule has 86 valence electrons. The van der Waals surface area contributed by atoms with E-state index in [1.807, 2.05) is 0 Å². The molecule has 0 saturated heterocycles. The van der Waals surface area contributed by atoms with Crippen molar-refractivity contribution >= 4 is 45.1 Å². The average molecular weight is 268 g/mol. The summed E-state index contributed by atoms with van der Waals surface area (Å²) in [6.07, 6.45) is 0. The Balaban J connectivity index is 0.00000256. The fourth-order valence-electron chi connectivity index (χ4n) is 1.14. The molecule has 0 heterocycles. The molecule has 1 aromatic rings. The van der Waals surface area contributed by atoms with Crippen LogP contribution in [0.25, 0.3) is 0 Å². The zero-order chi connectivity index (χ0) is 12.5. The standard InChI is InChI=1S/C8H6O7S.Mg/c9-7(10)4-2-1-3-5(8(11)12)6(4)16(13,14)15;/h1-3H,(H,9,10)(H,11,12)(H,13,14,15);/q;+2/p-2. The molecule has 0 aliphatic rings. The minimum atomic E-state index is -5.00. The van der Waals surface area contributed by atoms with Crippen molar-refractivity contribution in [2.75, 3.05) is 0 Å². The molecule has 17 heavy (non-hydrogen) atoms. The zero-order valence-electron chi connectivity index (χ0n) is 8.24. The molecule has 0 atom stereocenters. The summed E-state index contributed by atoms with van der Waals surface area (Å²) < 4.78 is 30.5. The fraction of sp³-hybridized carbons (Fsp3) is 0. The van der Waals surface area contributed by atoms with E-state index < -0.39 is 38.1 Å². The molecular weight excluding hydrogens is 264 g/mol. The van der Waals surface area contributed by atoms with Crippen molar-refractivity contribution in [3.05, 3.63) is 29.3 Å². The first kappa shape index (κ1) is 15.8. The quantitative estimate of drug-likeness (QED) is 0.465. The van der Waals surface area contributed by atoms with E-state index in [1.54, 1.807) is 0 Å². The van der Waals surface area contributed by atoms with Crippen LogP contribution < -0.4 is 10.2 Å². The van der Waals surface area contributed by atoms with Gasteiger partial charge in [0.15, 0.2) is 0 Å². The second-order valence-electron chi connectivity index (χ2n) is 2.73. The second-order valence-corrected chi connectivity index (χ2v) is 4.09. The normalized spacial score (nSPS) is 10.4. The predicted octanol–water partition coefficient (Wildman–Crippen LogP) is -2.72. The van der Waals surface area contributed by atoms with Crippen LogP contribution >= 0.6 is 0 Å². The maximum absolute atomic E-state index is 10.9. The van der Waals surface area contributed by atoms with Crippen LogP contribution in [0.3, 0.4) is 0 Å². The molecular formula is C8H4MgO7S. The number of carbonyl (C=O) groups excluding carboxylic acids is 2. The summed E-state index contributed by atoms with van der Waals surface area (Å²) in [6, 6.07) is 2.58. The van der Waals surface area contributed by atoms with Gasteiger partial charge in [0, 0.05) is 11.1 Å². The van der Waals surface area contributed by atoms with Crippen molar-refractivity contribution < 1.29 is 32.8 Å². The van der Waals surface area contributed by atoms with Crippen LogP contribution in [0.4, 0.5) is 0 Å². The van der Waals surface area contributed by atoms with E-state index in [2.05, 4.69) is 0 Å². The molecule has 0 radical (unpaired) electrons. The minimum absolute atomic E-state index is 0. The molecule has 0 saturated carbocycles. The first-order valence-corrected chi connectivity index (χ1v) is 5.22. The maximum Gasteiger partial charge on any atom is 2.00 e. The van der Waals surface area contributed by atoms with Crippen LogP contribution in [0.15, 0.2) is 23.1 Å². The molecule has 0 aliphatic heterocycles. The van der Waals surface area contributed by atoms with Crippen molar-refractivity contribution in [2.24, 2.45) is 0 Å². The molecule has 0 spiro atoms. The smallest absolute Gasteiger partial charge is 0.545 e. The molecule has 0 amide bonds. The van der Waals surface area contributed by atoms with E-state index in [0.29, 0.717) is 0 Å². The van der Waals surface area contributed by atoms with Gasteiger partial charge in [0.25, 0.3) is 10.1 Å². The summed E-state index contributed by atoms with van der Waals surface area (Å²) in [4.78, 5) is 19.8. The van der Waals surface area contributed by atoms with Crippen LogP contribution in [0, 0.1) is 0 Å². The van der Waals surface area contributed by atoms with Gasteiger partial charge in [0.2, 0.25) is 0 Å². The summed E-state index contributed by atoms with van der Waals surface area (Å²) >= 11 is 0. The van der Waals surface area contributed by atoms with E-state index in [4.69, 9.17) is 4.55 Å². The van der Waals surface area contributed by atoms with Crippen LogP contribution in [-0.4, -0.2) is 48.0 Å². The van der Waals surface area contributed by atoms with Gasteiger partial charge < -0.3 is 19.8 Å². The number of aromatic carboxylic acids is 2. The third-order valence-electron chi connectivity index (χ3n) is 1.71. The molecule has 1 aromatic carbocycles. The number of carbonyl (C=O) groups is 2. The molecule has 0 fully saturated rings. The van der Waals surface area contributed by atoms with E-state index in [0.717, 1.165) is 18.2 Å². The monoisotopic (exact) mass is 268 g/mol. The van der Waals surface area contributed by atoms with Crippen LogP contribution in [0.1, 0.15) is 20.7 Å². The zero-order valence-corrected chi connectivity index (χ0v) is 10.5. The average Bonchev–Trinajstić information content (AvgIpc) is 2.15. The molecule has 0 aliphatic carbocycles. The Labute approximate surface area is 112 Å². The van der Waals surface area contributed by atoms with E-state index in [-0.39, 0.29) is 23.1 Å². The van der Waals surface area contributed by atoms with Gasteiger partial charge in [-0.05, 0) is 0 Å². The predicted molar refractivity (Wildman–Crippen MR) is 50.7 cm³/mol. The van der Waals surface area contributed by atoms with E-state index >= 15 is 0 Å². The molecule has 0 bridgehead atoms. The van der Waals surface area contributed by atoms with E-state index in [9.17, 15) is 28.2 Å². The summed E-state index contributed by atoms with van der Waals surface area (Å²) in [6.45, 7) is 0. The second kappa shape index (κ2) is 5.45. The van der Waals surface area contributed by atoms with Crippen molar-refractivity contribution in [2.45, 2.75) is 4.90 Å². The summed E-state index contributed by atoms with van der Waals surface area (Å²) in [7, 11) is -5.00. The number of carboxylic acids is 2. The summed E-state index contributed by atoms with van der Waals surface area (Å²) in [5.41, 5.74) is -1.88.